The normalized spacial score (nSPS) is 22.1. The number of carbonyl (C=O) groups is 1. The molecule has 2 atom stereocenters. The zero-order valence-electron chi connectivity index (χ0n) is 11.6. The number of hydrogen-bond acceptors (Lipinski definition) is 3. The van der Waals surface area contributed by atoms with Crippen LogP contribution in [0.15, 0.2) is 0 Å². The van der Waals surface area contributed by atoms with E-state index in [4.69, 9.17) is 0 Å². The summed E-state index contributed by atoms with van der Waals surface area (Å²) in [5.41, 5.74) is 0. The molecule has 0 aliphatic carbocycles. The fourth-order valence-corrected chi connectivity index (χ4v) is 2.27. The molecule has 0 aromatic heterocycles. The van der Waals surface area contributed by atoms with Crippen molar-refractivity contribution in [3.63, 3.8) is 0 Å². The fraction of sp³-hybridized carbons (Fsp3) is 0.923. The molecule has 100 valence electrons. The van der Waals surface area contributed by atoms with Gasteiger partial charge in [-0.15, -0.1) is 0 Å². The highest BCUT2D eigenvalue weighted by Crippen LogP contribution is 2.09. The third kappa shape index (κ3) is 5.04. The maximum atomic E-state index is 11.9. The van der Waals surface area contributed by atoms with Crippen molar-refractivity contribution in [2.75, 3.05) is 27.2 Å². The maximum Gasteiger partial charge on any atom is 0.237 e. The number of nitrogens with zero attached hydrogens (tertiary/aromatic N) is 1. The highest BCUT2D eigenvalue weighted by Gasteiger charge is 2.23. The predicted molar refractivity (Wildman–Crippen MR) is 71.0 cm³/mol. The lowest BCUT2D eigenvalue weighted by molar-refractivity contribution is -0.123. The number of amides is 1. The Hall–Kier alpha value is -0.610. The smallest absolute Gasteiger partial charge is 0.237 e. The molecule has 0 spiro atoms. The van der Waals surface area contributed by atoms with Gasteiger partial charge in [0.1, 0.15) is 0 Å². The van der Waals surface area contributed by atoms with Crippen molar-refractivity contribution in [2.24, 2.45) is 5.92 Å². The van der Waals surface area contributed by atoms with E-state index >= 15 is 0 Å². The van der Waals surface area contributed by atoms with Gasteiger partial charge in [-0.25, -0.2) is 0 Å². The quantitative estimate of drug-likeness (QED) is 0.724. The number of carbonyl (C=O) groups excluding carboxylic acids is 1. The molecule has 2 N–H and O–H groups in total. The van der Waals surface area contributed by atoms with Crippen LogP contribution in [0.5, 0.6) is 0 Å². The van der Waals surface area contributed by atoms with Crippen LogP contribution in [0.1, 0.15) is 33.1 Å². The van der Waals surface area contributed by atoms with Gasteiger partial charge in [0.05, 0.1) is 6.04 Å². The van der Waals surface area contributed by atoms with Crippen molar-refractivity contribution in [2.45, 2.75) is 45.2 Å². The third-order valence-corrected chi connectivity index (χ3v) is 3.36. The molecule has 1 aliphatic heterocycles. The van der Waals surface area contributed by atoms with Crippen molar-refractivity contribution < 1.29 is 4.79 Å². The van der Waals surface area contributed by atoms with Crippen molar-refractivity contribution >= 4 is 5.91 Å². The molecule has 1 saturated heterocycles. The second-order valence-corrected chi connectivity index (χ2v) is 5.64. The summed E-state index contributed by atoms with van der Waals surface area (Å²) in [6.07, 6.45) is 3.20. The molecule has 4 nitrogen and oxygen atoms in total. The van der Waals surface area contributed by atoms with Crippen LogP contribution >= 0.6 is 0 Å². The Kier molecular flexibility index (Phi) is 5.92. The first-order valence-corrected chi connectivity index (χ1v) is 6.68. The van der Waals surface area contributed by atoms with Gasteiger partial charge in [0.25, 0.3) is 0 Å². The average Bonchev–Trinajstić information content (AvgIpc) is 2.76. The van der Waals surface area contributed by atoms with Gasteiger partial charge < -0.3 is 15.5 Å². The molecule has 0 saturated carbocycles. The fourth-order valence-electron chi connectivity index (χ4n) is 2.27. The van der Waals surface area contributed by atoms with Gasteiger partial charge in [-0.05, 0) is 45.8 Å². The summed E-state index contributed by atoms with van der Waals surface area (Å²) in [5.74, 6) is 0.821. The SMILES string of the molecule is CC(C)CC(CNC(=O)[C@@H]1CCCN1)N(C)C. The molecule has 1 fully saturated rings. The summed E-state index contributed by atoms with van der Waals surface area (Å²) >= 11 is 0. The number of nitrogens with one attached hydrogen (secondary N) is 2. The molecule has 0 radical (unpaired) electrons. The molecule has 4 heteroatoms. The van der Waals surface area contributed by atoms with Crippen molar-refractivity contribution in [1.82, 2.24) is 15.5 Å². The first kappa shape index (κ1) is 14.5. The van der Waals surface area contributed by atoms with E-state index in [0.717, 1.165) is 32.4 Å². The standard InChI is InChI=1S/C13H27N3O/c1-10(2)8-11(16(3)4)9-15-13(17)12-6-5-7-14-12/h10-12,14H,5-9H2,1-4H3,(H,15,17)/t11?,12-/m0/s1. The minimum atomic E-state index is 0.0388. The molecule has 1 aliphatic rings. The molecular weight excluding hydrogens is 214 g/mol. The van der Waals surface area contributed by atoms with Gasteiger partial charge >= 0.3 is 0 Å². The van der Waals surface area contributed by atoms with Crippen molar-refractivity contribution in [3.05, 3.63) is 0 Å². The molecule has 0 aromatic carbocycles. The topological polar surface area (TPSA) is 44.4 Å². The number of hydrogen-bond donors (Lipinski definition) is 2. The van der Waals surface area contributed by atoms with E-state index in [9.17, 15) is 4.79 Å². The lowest BCUT2D eigenvalue weighted by Crippen LogP contribution is -2.46. The van der Waals surface area contributed by atoms with Gasteiger partial charge in [-0.3, -0.25) is 4.79 Å². The lowest BCUT2D eigenvalue weighted by Gasteiger charge is -2.26. The van der Waals surface area contributed by atoms with Gasteiger partial charge in [0.2, 0.25) is 5.91 Å². The van der Waals surface area contributed by atoms with E-state index in [-0.39, 0.29) is 11.9 Å². The van der Waals surface area contributed by atoms with Crippen LogP contribution in [-0.2, 0) is 4.79 Å². The summed E-state index contributed by atoms with van der Waals surface area (Å²) in [4.78, 5) is 14.1. The highest BCUT2D eigenvalue weighted by atomic mass is 16.2. The molecule has 1 heterocycles. The minimum absolute atomic E-state index is 0.0388. The number of likely N-dealkylation sites (N-methyl/N-ethyl adjacent to an activating group) is 1. The Bertz CT molecular complexity index is 235. The maximum absolute atomic E-state index is 11.9. The van der Waals surface area contributed by atoms with Crippen LogP contribution in [0.2, 0.25) is 0 Å². The van der Waals surface area contributed by atoms with Gasteiger partial charge in [0.15, 0.2) is 0 Å². The van der Waals surface area contributed by atoms with Crippen LogP contribution in [0.4, 0.5) is 0 Å². The van der Waals surface area contributed by atoms with Crippen LogP contribution in [0.25, 0.3) is 0 Å². The summed E-state index contributed by atoms with van der Waals surface area (Å²) in [5, 5.41) is 6.29. The van der Waals surface area contributed by atoms with E-state index in [1.165, 1.54) is 0 Å². The van der Waals surface area contributed by atoms with Crippen LogP contribution in [0, 0.1) is 5.92 Å². The summed E-state index contributed by atoms with van der Waals surface area (Å²) < 4.78 is 0. The van der Waals surface area contributed by atoms with Crippen LogP contribution < -0.4 is 10.6 Å². The van der Waals surface area contributed by atoms with Crippen molar-refractivity contribution in [1.29, 1.82) is 0 Å². The average molecular weight is 241 g/mol. The van der Waals surface area contributed by atoms with E-state index in [2.05, 4.69) is 43.5 Å². The molecule has 1 rings (SSSR count). The second kappa shape index (κ2) is 6.97. The number of rotatable bonds is 6. The Balaban J connectivity index is 2.32. The molecule has 1 amide bonds. The van der Waals surface area contributed by atoms with E-state index < -0.39 is 0 Å². The zero-order valence-corrected chi connectivity index (χ0v) is 11.6. The molecule has 1 unspecified atom stereocenters. The third-order valence-electron chi connectivity index (χ3n) is 3.36. The second-order valence-electron chi connectivity index (χ2n) is 5.64. The van der Waals surface area contributed by atoms with Gasteiger partial charge in [0, 0.05) is 12.6 Å². The predicted octanol–water partition coefficient (Wildman–Crippen LogP) is 0.831. The Labute approximate surface area is 105 Å². The first-order chi connectivity index (χ1) is 8.00. The molecule has 0 aromatic rings. The highest BCUT2D eigenvalue weighted by molar-refractivity contribution is 5.82. The monoisotopic (exact) mass is 241 g/mol. The Morgan fingerprint density at radius 2 is 2.18 bits per heavy atom. The molecular formula is C13H27N3O. The van der Waals surface area contributed by atoms with E-state index in [1.807, 2.05) is 0 Å². The molecule has 17 heavy (non-hydrogen) atoms. The van der Waals surface area contributed by atoms with Gasteiger partial charge in [-0.2, -0.15) is 0 Å². The van der Waals surface area contributed by atoms with E-state index in [1.54, 1.807) is 0 Å². The van der Waals surface area contributed by atoms with E-state index in [0.29, 0.717) is 12.0 Å². The summed E-state index contributed by atoms with van der Waals surface area (Å²) in [6, 6.07) is 0.470. The first-order valence-electron chi connectivity index (χ1n) is 6.68. The zero-order chi connectivity index (χ0) is 12.8. The minimum Gasteiger partial charge on any atom is -0.353 e. The Morgan fingerprint density at radius 1 is 1.47 bits per heavy atom. The van der Waals surface area contributed by atoms with Gasteiger partial charge in [-0.1, -0.05) is 13.8 Å². The van der Waals surface area contributed by atoms with Crippen molar-refractivity contribution in [3.8, 4) is 0 Å². The van der Waals surface area contributed by atoms with Crippen LogP contribution in [0.3, 0.4) is 0 Å². The van der Waals surface area contributed by atoms with Crippen LogP contribution in [-0.4, -0.2) is 50.1 Å². The molecule has 0 bridgehead atoms. The summed E-state index contributed by atoms with van der Waals surface area (Å²) in [6.45, 7) is 6.16. The summed E-state index contributed by atoms with van der Waals surface area (Å²) in [7, 11) is 4.15. The largest absolute Gasteiger partial charge is 0.353 e. The lowest BCUT2D eigenvalue weighted by atomic mass is 10.0. The Morgan fingerprint density at radius 3 is 2.65 bits per heavy atom.